The van der Waals surface area contributed by atoms with Crippen molar-refractivity contribution in [3.63, 3.8) is 0 Å². The summed E-state index contributed by atoms with van der Waals surface area (Å²) >= 11 is 6.03. The summed E-state index contributed by atoms with van der Waals surface area (Å²) in [7, 11) is 1.55. The lowest BCUT2D eigenvalue weighted by atomic mass is 9.96. The fourth-order valence-electron chi connectivity index (χ4n) is 3.51. The van der Waals surface area contributed by atoms with Gasteiger partial charge in [0.05, 0.1) is 32.5 Å². The topological polar surface area (TPSA) is 60.0 Å². The van der Waals surface area contributed by atoms with Crippen molar-refractivity contribution >= 4 is 17.5 Å². The Hall–Kier alpha value is -1.34. The number of halogens is 1. The average Bonchev–Trinajstić information content (AvgIpc) is 3.17. The number of amides is 1. The number of carbonyl (C=O) groups is 1. The molecule has 2 atom stereocenters. The normalized spacial score (nSPS) is 22.6. The zero-order chi connectivity index (χ0) is 17.6. The van der Waals surface area contributed by atoms with Gasteiger partial charge < -0.3 is 19.5 Å². The Morgan fingerprint density at radius 2 is 2.16 bits per heavy atom. The van der Waals surface area contributed by atoms with Gasteiger partial charge in [0.2, 0.25) is 0 Å². The molecule has 3 rings (SSSR count). The van der Waals surface area contributed by atoms with Crippen LogP contribution in [0.2, 0.25) is 5.02 Å². The molecule has 2 aliphatic heterocycles. The van der Waals surface area contributed by atoms with Gasteiger partial charge in [-0.1, -0.05) is 11.6 Å². The van der Waals surface area contributed by atoms with E-state index < -0.39 is 0 Å². The number of carbonyl (C=O) groups excluding carboxylic acids is 1. The van der Waals surface area contributed by atoms with E-state index in [0.717, 1.165) is 45.9 Å². The molecule has 0 aromatic heterocycles. The van der Waals surface area contributed by atoms with E-state index in [-0.39, 0.29) is 11.9 Å². The molecule has 7 heteroatoms. The maximum atomic E-state index is 12.7. The van der Waals surface area contributed by atoms with Crippen LogP contribution in [0.5, 0.6) is 5.75 Å². The molecule has 0 saturated carbocycles. The first kappa shape index (κ1) is 18.5. The number of hydrogen-bond acceptors (Lipinski definition) is 5. The van der Waals surface area contributed by atoms with Gasteiger partial charge in [0.1, 0.15) is 5.75 Å². The van der Waals surface area contributed by atoms with Crippen LogP contribution in [-0.4, -0.2) is 70.0 Å². The molecule has 6 nitrogen and oxygen atoms in total. The minimum Gasteiger partial charge on any atom is -0.496 e. The molecule has 1 aromatic carbocycles. The monoisotopic (exact) mass is 368 g/mol. The molecule has 0 spiro atoms. The number of benzene rings is 1. The molecule has 0 aliphatic carbocycles. The summed E-state index contributed by atoms with van der Waals surface area (Å²) in [5.41, 5.74) is 0.457. The number of hydrogen-bond donors (Lipinski definition) is 1. The van der Waals surface area contributed by atoms with Gasteiger partial charge in [-0.05, 0) is 24.6 Å². The lowest BCUT2D eigenvalue weighted by molar-refractivity contribution is 0.00166. The van der Waals surface area contributed by atoms with E-state index in [2.05, 4.69) is 10.2 Å². The highest BCUT2D eigenvalue weighted by atomic mass is 35.5. The highest BCUT2D eigenvalue weighted by Gasteiger charge is 2.32. The molecule has 1 N–H and O–H groups in total. The Bertz CT molecular complexity index is 586. The van der Waals surface area contributed by atoms with Crippen molar-refractivity contribution in [1.29, 1.82) is 0 Å². The third kappa shape index (κ3) is 4.64. The zero-order valence-electron chi connectivity index (χ0n) is 14.5. The van der Waals surface area contributed by atoms with Gasteiger partial charge in [-0.25, -0.2) is 0 Å². The van der Waals surface area contributed by atoms with Gasteiger partial charge >= 0.3 is 0 Å². The first-order valence-electron chi connectivity index (χ1n) is 8.70. The Balaban J connectivity index is 1.67. The molecular weight excluding hydrogens is 344 g/mol. The van der Waals surface area contributed by atoms with Gasteiger partial charge in [0.25, 0.3) is 5.91 Å². The summed E-state index contributed by atoms with van der Waals surface area (Å²) in [6.07, 6.45) is 1.03. The fourth-order valence-corrected chi connectivity index (χ4v) is 3.68. The second-order valence-corrected chi connectivity index (χ2v) is 6.83. The van der Waals surface area contributed by atoms with Crippen molar-refractivity contribution in [3.05, 3.63) is 28.8 Å². The molecule has 0 radical (unpaired) electrons. The highest BCUT2D eigenvalue weighted by Crippen LogP contribution is 2.24. The van der Waals surface area contributed by atoms with Gasteiger partial charge in [-0.15, -0.1) is 0 Å². The number of rotatable bonds is 6. The van der Waals surface area contributed by atoms with Gasteiger partial charge in [-0.3, -0.25) is 9.69 Å². The molecule has 0 unspecified atom stereocenters. The van der Waals surface area contributed by atoms with Crippen molar-refractivity contribution in [2.75, 3.05) is 53.2 Å². The van der Waals surface area contributed by atoms with Crippen molar-refractivity contribution in [2.24, 2.45) is 5.92 Å². The average molecular weight is 369 g/mol. The lowest BCUT2D eigenvalue weighted by Crippen LogP contribution is -2.52. The predicted molar refractivity (Wildman–Crippen MR) is 95.4 cm³/mol. The van der Waals surface area contributed by atoms with Gasteiger partial charge in [0, 0.05) is 43.2 Å². The van der Waals surface area contributed by atoms with Crippen LogP contribution in [0.1, 0.15) is 16.8 Å². The van der Waals surface area contributed by atoms with E-state index in [9.17, 15) is 4.79 Å². The van der Waals surface area contributed by atoms with E-state index in [1.807, 2.05) is 0 Å². The molecule has 138 valence electrons. The summed E-state index contributed by atoms with van der Waals surface area (Å²) in [5.74, 6) is 0.783. The van der Waals surface area contributed by atoms with Crippen molar-refractivity contribution in [3.8, 4) is 5.75 Å². The van der Waals surface area contributed by atoms with Crippen LogP contribution in [0.4, 0.5) is 0 Å². The van der Waals surface area contributed by atoms with Crippen LogP contribution < -0.4 is 10.1 Å². The first-order valence-corrected chi connectivity index (χ1v) is 9.08. The molecule has 2 saturated heterocycles. The van der Waals surface area contributed by atoms with E-state index in [1.54, 1.807) is 25.3 Å². The molecule has 0 bridgehead atoms. The van der Waals surface area contributed by atoms with Gasteiger partial charge in [-0.2, -0.15) is 0 Å². The van der Waals surface area contributed by atoms with E-state index in [1.165, 1.54) is 0 Å². The van der Waals surface area contributed by atoms with Crippen LogP contribution in [0.25, 0.3) is 0 Å². The summed E-state index contributed by atoms with van der Waals surface area (Å²) in [5, 5.41) is 3.57. The quantitative estimate of drug-likeness (QED) is 0.830. The van der Waals surface area contributed by atoms with Crippen molar-refractivity contribution < 1.29 is 19.0 Å². The smallest absolute Gasteiger partial charge is 0.255 e. The third-order valence-corrected chi connectivity index (χ3v) is 5.14. The second kappa shape index (κ2) is 8.85. The summed E-state index contributed by atoms with van der Waals surface area (Å²) < 4.78 is 16.3. The van der Waals surface area contributed by atoms with E-state index in [0.29, 0.717) is 28.8 Å². The number of morpholine rings is 1. The maximum Gasteiger partial charge on any atom is 0.255 e. The van der Waals surface area contributed by atoms with Crippen LogP contribution in [0.3, 0.4) is 0 Å². The maximum absolute atomic E-state index is 12.7. The first-order chi connectivity index (χ1) is 12.2. The van der Waals surface area contributed by atoms with Gasteiger partial charge in [0.15, 0.2) is 0 Å². The Morgan fingerprint density at radius 1 is 1.36 bits per heavy atom. The van der Waals surface area contributed by atoms with Crippen LogP contribution >= 0.6 is 11.6 Å². The molecule has 1 amide bonds. The number of nitrogens with one attached hydrogen (secondary N) is 1. The molecule has 2 fully saturated rings. The second-order valence-electron chi connectivity index (χ2n) is 6.39. The predicted octanol–water partition coefficient (Wildman–Crippen LogP) is 1.82. The largest absolute Gasteiger partial charge is 0.496 e. The Labute approximate surface area is 153 Å². The standard InChI is InChI=1S/C18H25ClN2O4/c1-23-17-3-2-14(19)10-15(17)18(22)20-11-16(13-4-7-25-12-13)21-5-8-24-9-6-21/h2-3,10,13,16H,4-9,11-12H2,1H3,(H,20,22)/t13-,16+/m0/s1. The Morgan fingerprint density at radius 3 is 2.84 bits per heavy atom. The minimum atomic E-state index is -0.170. The van der Waals surface area contributed by atoms with Crippen LogP contribution in [0.15, 0.2) is 18.2 Å². The summed E-state index contributed by atoms with van der Waals surface area (Å²) in [6, 6.07) is 5.31. The van der Waals surface area contributed by atoms with E-state index in [4.69, 9.17) is 25.8 Å². The van der Waals surface area contributed by atoms with Crippen LogP contribution in [0, 0.1) is 5.92 Å². The molecular formula is C18H25ClN2O4. The minimum absolute atomic E-state index is 0.170. The zero-order valence-corrected chi connectivity index (χ0v) is 15.3. The van der Waals surface area contributed by atoms with Crippen molar-refractivity contribution in [1.82, 2.24) is 10.2 Å². The van der Waals surface area contributed by atoms with Crippen LogP contribution in [-0.2, 0) is 9.47 Å². The molecule has 2 heterocycles. The number of nitrogens with zero attached hydrogens (tertiary/aromatic N) is 1. The third-order valence-electron chi connectivity index (χ3n) is 4.90. The number of methoxy groups -OCH3 is 1. The van der Waals surface area contributed by atoms with Crippen molar-refractivity contribution in [2.45, 2.75) is 12.5 Å². The molecule has 1 aromatic rings. The fraction of sp³-hybridized carbons (Fsp3) is 0.611. The SMILES string of the molecule is COc1ccc(Cl)cc1C(=O)NC[C@H]([C@H]1CCOC1)N1CCOCC1. The number of ether oxygens (including phenoxy) is 3. The summed E-state index contributed by atoms with van der Waals surface area (Å²) in [4.78, 5) is 15.1. The van der Waals surface area contributed by atoms with E-state index >= 15 is 0 Å². The Kier molecular flexibility index (Phi) is 6.53. The summed E-state index contributed by atoms with van der Waals surface area (Å²) in [6.45, 7) is 5.36. The lowest BCUT2D eigenvalue weighted by Gasteiger charge is -2.37. The molecule has 2 aliphatic rings. The molecule has 25 heavy (non-hydrogen) atoms. The highest BCUT2D eigenvalue weighted by molar-refractivity contribution is 6.31.